The molecule has 0 aromatic rings. The van der Waals surface area contributed by atoms with Gasteiger partial charge in [-0.15, -0.1) is 0 Å². The van der Waals surface area contributed by atoms with E-state index in [0.717, 1.165) is 25.4 Å². The summed E-state index contributed by atoms with van der Waals surface area (Å²) in [4.78, 5) is 0. The van der Waals surface area contributed by atoms with E-state index >= 15 is 0 Å². The van der Waals surface area contributed by atoms with E-state index < -0.39 is 10.1 Å². The summed E-state index contributed by atoms with van der Waals surface area (Å²) in [6.45, 7) is 1.91. The first-order chi connectivity index (χ1) is 7.58. The van der Waals surface area contributed by atoms with E-state index in [-0.39, 0.29) is 5.75 Å². The van der Waals surface area contributed by atoms with Gasteiger partial charge in [-0.05, 0) is 44.7 Å². The molecule has 0 aromatic heterocycles. The van der Waals surface area contributed by atoms with E-state index in [0.29, 0.717) is 6.42 Å². The molecule has 0 bridgehead atoms. The SMILES string of the molecule is O=S(=O)(O)CCCCNCC1CCCCC1. The Balaban J connectivity index is 1.91. The molecular formula is C11H23NO3S. The van der Waals surface area contributed by atoms with E-state index in [4.69, 9.17) is 4.55 Å². The van der Waals surface area contributed by atoms with Crippen LogP contribution in [0.1, 0.15) is 44.9 Å². The first-order valence-electron chi connectivity index (χ1n) is 6.24. The molecule has 0 atom stereocenters. The molecular weight excluding hydrogens is 226 g/mol. The van der Waals surface area contributed by atoms with E-state index in [1.54, 1.807) is 0 Å². The summed E-state index contributed by atoms with van der Waals surface area (Å²) in [7, 11) is -3.76. The minimum Gasteiger partial charge on any atom is -0.316 e. The summed E-state index contributed by atoms with van der Waals surface area (Å²) in [5, 5.41) is 3.36. The standard InChI is InChI=1S/C11H23NO3S/c13-16(14,15)9-5-4-8-12-10-11-6-2-1-3-7-11/h11-12H,1-10H2,(H,13,14,15). The molecule has 1 fully saturated rings. The molecule has 1 rings (SSSR count). The van der Waals surface area contributed by atoms with Crippen LogP contribution in [-0.2, 0) is 10.1 Å². The summed E-state index contributed by atoms with van der Waals surface area (Å²) in [6, 6.07) is 0. The van der Waals surface area contributed by atoms with Gasteiger partial charge in [-0.25, -0.2) is 0 Å². The Labute approximate surface area is 98.6 Å². The van der Waals surface area contributed by atoms with Crippen LogP contribution in [0.25, 0.3) is 0 Å². The number of rotatable bonds is 7. The largest absolute Gasteiger partial charge is 0.316 e. The van der Waals surface area contributed by atoms with Crippen molar-refractivity contribution in [1.82, 2.24) is 5.32 Å². The molecule has 0 aliphatic heterocycles. The fraction of sp³-hybridized carbons (Fsp3) is 1.00. The molecule has 0 heterocycles. The highest BCUT2D eigenvalue weighted by Gasteiger charge is 2.12. The maximum absolute atomic E-state index is 10.4. The molecule has 0 aromatic carbocycles. The molecule has 0 saturated heterocycles. The van der Waals surface area contributed by atoms with Gasteiger partial charge in [-0.3, -0.25) is 4.55 Å². The average Bonchev–Trinajstić information content (AvgIpc) is 2.23. The Morgan fingerprint density at radius 3 is 2.44 bits per heavy atom. The van der Waals surface area contributed by atoms with Gasteiger partial charge < -0.3 is 5.32 Å². The first kappa shape index (κ1) is 13.9. The summed E-state index contributed by atoms with van der Waals surface area (Å²) >= 11 is 0. The average molecular weight is 249 g/mol. The second-order valence-corrected chi connectivity index (χ2v) is 6.27. The second kappa shape index (κ2) is 7.25. The van der Waals surface area contributed by atoms with Gasteiger partial charge in [0.05, 0.1) is 5.75 Å². The van der Waals surface area contributed by atoms with Crippen molar-refractivity contribution in [3.63, 3.8) is 0 Å². The predicted molar refractivity (Wildman–Crippen MR) is 65.1 cm³/mol. The van der Waals surface area contributed by atoms with Gasteiger partial charge in [-0.1, -0.05) is 19.3 Å². The van der Waals surface area contributed by atoms with Gasteiger partial charge in [0.1, 0.15) is 0 Å². The Morgan fingerprint density at radius 2 is 1.81 bits per heavy atom. The lowest BCUT2D eigenvalue weighted by Crippen LogP contribution is -2.25. The van der Waals surface area contributed by atoms with Gasteiger partial charge in [0.2, 0.25) is 0 Å². The highest BCUT2D eigenvalue weighted by molar-refractivity contribution is 7.85. The van der Waals surface area contributed by atoms with Crippen LogP contribution in [0, 0.1) is 5.92 Å². The molecule has 0 unspecified atom stereocenters. The van der Waals surface area contributed by atoms with Gasteiger partial charge in [-0.2, -0.15) is 8.42 Å². The van der Waals surface area contributed by atoms with Crippen LogP contribution in [-0.4, -0.2) is 31.8 Å². The molecule has 0 spiro atoms. The van der Waals surface area contributed by atoms with Crippen LogP contribution < -0.4 is 5.32 Å². The Bertz CT molecular complexity index is 271. The van der Waals surface area contributed by atoms with Gasteiger partial charge >= 0.3 is 0 Å². The minimum atomic E-state index is -3.76. The van der Waals surface area contributed by atoms with Gasteiger partial charge in [0.25, 0.3) is 10.1 Å². The highest BCUT2D eigenvalue weighted by Crippen LogP contribution is 2.22. The van der Waals surface area contributed by atoms with Crippen molar-refractivity contribution in [2.75, 3.05) is 18.8 Å². The topological polar surface area (TPSA) is 66.4 Å². The first-order valence-corrected chi connectivity index (χ1v) is 7.85. The Morgan fingerprint density at radius 1 is 1.12 bits per heavy atom. The summed E-state index contributed by atoms with van der Waals surface area (Å²) in [5.41, 5.74) is 0. The molecule has 0 amide bonds. The maximum atomic E-state index is 10.4. The molecule has 1 aliphatic carbocycles. The van der Waals surface area contributed by atoms with E-state index in [9.17, 15) is 8.42 Å². The Kier molecular flexibility index (Phi) is 6.31. The molecule has 4 nitrogen and oxygen atoms in total. The van der Waals surface area contributed by atoms with Crippen LogP contribution in [0.5, 0.6) is 0 Å². The number of unbranched alkanes of at least 4 members (excludes halogenated alkanes) is 1. The lowest BCUT2D eigenvalue weighted by Gasteiger charge is -2.21. The number of nitrogens with one attached hydrogen (secondary N) is 1. The lowest BCUT2D eigenvalue weighted by molar-refractivity contribution is 0.342. The van der Waals surface area contributed by atoms with Crippen molar-refractivity contribution in [3.05, 3.63) is 0 Å². The third kappa shape index (κ3) is 7.19. The van der Waals surface area contributed by atoms with Crippen molar-refractivity contribution in [2.24, 2.45) is 5.92 Å². The summed E-state index contributed by atoms with van der Waals surface area (Å²) < 4.78 is 29.4. The van der Waals surface area contributed by atoms with E-state index in [2.05, 4.69) is 5.32 Å². The molecule has 1 saturated carbocycles. The smallest absolute Gasteiger partial charge is 0.264 e. The van der Waals surface area contributed by atoms with Gasteiger partial charge in [0, 0.05) is 0 Å². The normalized spacial score (nSPS) is 18.8. The molecule has 96 valence electrons. The van der Waals surface area contributed by atoms with E-state index in [1.165, 1.54) is 32.1 Å². The molecule has 1 aliphatic rings. The van der Waals surface area contributed by atoms with Crippen molar-refractivity contribution in [2.45, 2.75) is 44.9 Å². The molecule has 0 radical (unpaired) electrons. The molecule has 5 heteroatoms. The molecule has 16 heavy (non-hydrogen) atoms. The number of hydrogen-bond acceptors (Lipinski definition) is 3. The highest BCUT2D eigenvalue weighted by atomic mass is 32.2. The zero-order valence-corrected chi connectivity index (χ0v) is 10.6. The zero-order valence-electron chi connectivity index (χ0n) is 9.82. The van der Waals surface area contributed by atoms with Crippen LogP contribution in [0.15, 0.2) is 0 Å². The maximum Gasteiger partial charge on any atom is 0.264 e. The van der Waals surface area contributed by atoms with Crippen LogP contribution in [0.4, 0.5) is 0 Å². The fourth-order valence-corrected chi connectivity index (χ4v) is 2.80. The quantitative estimate of drug-likeness (QED) is 0.533. The zero-order chi connectivity index (χ0) is 11.9. The van der Waals surface area contributed by atoms with Crippen LogP contribution in [0.2, 0.25) is 0 Å². The number of hydrogen-bond donors (Lipinski definition) is 2. The van der Waals surface area contributed by atoms with Crippen molar-refractivity contribution < 1.29 is 13.0 Å². The third-order valence-electron chi connectivity index (χ3n) is 3.16. The second-order valence-electron chi connectivity index (χ2n) is 4.70. The summed E-state index contributed by atoms with van der Waals surface area (Å²) in [5.74, 6) is 0.702. The van der Waals surface area contributed by atoms with Gasteiger partial charge in [0.15, 0.2) is 0 Å². The monoisotopic (exact) mass is 249 g/mol. The van der Waals surface area contributed by atoms with E-state index in [1.807, 2.05) is 0 Å². The van der Waals surface area contributed by atoms with Crippen molar-refractivity contribution in [3.8, 4) is 0 Å². The predicted octanol–water partition coefficient (Wildman–Crippen LogP) is 1.82. The minimum absolute atomic E-state index is 0.113. The van der Waals surface area contributed by atoms with Crippen molar-refractivity contribution >= 4 is 10.1 Å². The van der Waals surface area contributed by atoms with Crippen LogP contribution in [0.3, 0.4) is 0 Å². The molecule has 2 N–H and O–H groups in total. The van der Waals surface area contributed by atoms with Crippen molar-refractivity contribution in [1.29, 1.82) is 0 Å². The Hall–Kier alpha value is -0.130. The summed E-state index contributed by atoms with van der Waals surface area (Å²) in [6.07, 6.45) is 8.11. The lowest BCUT2D eigenvalue weighted by atomic mass is 9.89. The fourth-order valence-electron chi connectivity index (χ4n) is 2.23. The third-order valence-corrected chi connectivity index (χ3v) is 3.97. The van der Waals surface area contributed by atoms with Crippen LogP contribution >= 0.6 is 0 Å².